The second-order valence-corrected chi connectivity index (χ2v) is 9.60. The molecule has 2 bridgehead atoms. The van der Waals surface area contributed by atoms with Gasteiger partial charge in [-0.3, -0.25) is 19.3 Å². The maximum Gasteiger partial charge on any atom is 0.248 e. The molecule has 7 atom stereocenters. The van der Waals surface area contributed by atoms with Crippen LogP contribution < -0.4 is 10.1 Å². The van der Waals surface area contributed by atoms with Crippen molar-refractivity contribution < 1.29 is 19.1 Å². The number of carbonyl (C=O) groups is 3. The SMILES string of the molecule is COc1ccccc1NC(=O)[C@@H](Cc1ccccc1)N1C(=O)[C@H]2[C@@H]3C=C[C@H]([C@H]4C[C@H]34)[C@@H]2C1=O. The number of benzene rings is 2. The van der Waals surface area contributed by atoms with Crippen LogP contribution >= 0.6 is 0 Å². The molecule has 6 nitrogen and oxygen atoms in total. The first-order valence-corrected chi connectivity index (χ1v) is 11.6. The van der Waals surface area contributed by atoms with Crippen LogP contribution in [0.25, 0.3) is 0 Å². The number of methoxy groups -OCH3 is 1. The van der Waals surface area contributed by atoms with E-state index in [1.54, 1.807) is 25.3 Å². The second kappa shape index (κ2) is 7.58. The Morgan fingerprint density at radius 1 is 0.970 bits per heavy atom. The van der Waals surface area contributed by atoms with Gasteiger partial charge in [-0.25, -0.2) is 0 Å². The summed E-state index contributed by atoms with van der Waals surface area (Å²) in [6.07, 6.45) is 5.68. The molecule has 0 aromatic heterocycles. The number of carbonyl (C=O) groups excluding carboxylic acids is 3. The Morgan fingerprint density at radius 3 is 2.21 bits per heavy atom. The predicted molar refractivity (Wildman–Crippen MR) is 122 cm³/mol. The second-order valence-electron chi connectivity index (χ2n) is 9.60. The zero-order valence-corrected chi connectivity index (χ0v) is 18.4. The van der Waals surface area contributed by atoms with E-state index in [-0.39, 0.29) is 47.8 Å². The molecule has 0 radical (unpaired) electrons. The van der Waals surface area contributed by atoms with E-state index in [1.165, 1.54) is 4.90 Å². The molecule has 6 heteroatoms. The molecule has 1 aliphatic heterocycles. The summed E-state index contributed by atoms with van der Waals surface area (Å²) < 4.78 is 5.37. The number of nitrogens with one attached hydrogen (secondary N) is 1. The molecule has 3 amide bonds. The molecule has 0 spiro atoms. The first kappa shape index (κ1) is 20.2. The Bertz CT molecular complexity index is 1120. The number of amides is 3. The molecular weight excluding hydrogens is 416 g/mol. The quantitative estimate of drug-likeness (QED) is 0.550. The molecule has 3 fully saturated rings. The predicted octanol–water partition coefficient (Wildman–Crippen LogP) is 3.30. The first-order valence-electron chi connectivity index (χ1n) is 11.6. The molecule has 2 saturated carbocycles. The summed E-state index contributed by atoms with van der Waals surface area (Å²) in [6.45, 7) is 0. The molecule has 5 aliphatic rings. The third-order valence-corrected chi connectivity index (χ3v) is 7.95. The Hall–Kier alpha value is -3.41. The van der Waals surface area contributed by atoms with E-state index in [1.807, 2.05) is 36.4 Å². The van der Waals surface area contributed by atoms with Crippen LogP contribution in [0.3, 0.4) is 0 Å². The number of imide groups is 1. The lowest BCUT2D eigenvalue weighted by Crippen LogP contribution is -2.49. The fourth-order valence-electron chi connectivity index (χ4n) is 6.39. The topological polar surface area (TPSA) is 75.7 Å². The smallest absolute Gasteiger partial charge is 0.248 e. The van der Waals surface area contributed by atoms with Gasteiger partial charge in [0.1, 0.15) is 11.8 Å². The number of ether oxygens (including phenoxy) is 1. The summed E-state index contributed by atoms with van der Waals surface area (Å²) in [5.41, 5.74) is 1.42. The number of anilines is 1. The molecule has 7 rings (SSSR count). The summed E-state index contributed by atoms with van der Waals surface area (Å²) in [5.74, 6) is 0.412. The summed E-state index contributed by atoms with van der Waals surface area (Å²) >= 11 is 0. The van der Waals surface area contributed by atoms with Crippen LogP contribution in [-0.4, -0.2) is 35.8 Å². The highest BCUT2D eigenvalue weighted by molar-refractivity contribution is 6.11. The van der Waals surface area contributed by atoms with Crippen molar-refractivity contribution >= 4 is 23.4 Å². The maximum absolute atomic E-state index is 13.7. The molecule has 1 saturated heterocycles. The Balaban J connectivity index is 1.34. The van der Waals surface area contributed by atoms with Crippen LogP contribution in [0, 0.1) is 35.5 Å². The first-order chi connectivity index (χ1) is 16.1. The van der Waals surface area contributed by atoms with Gasteiger partial charge in [-0.05, 0) is 47.8 Å². The zero-order chi connectivity index (χ0) is 22.7. The average molecular weight is 443 g/mol. The van der Waals surface area contributed by atoms with Crippen molar-refractivity contribution in [3.05, 3.63) is 72.3 Å². The highest BCUT2D eigenvalue weighted by Gasteiger charge is 2.67. The average Bonchev–Trinajstić information content (AvgIpc) is 3.62. The van der Waals surface area contributed by atoms with Crippen LogP contribution in [0.5, 0.6) is 5.75 Å². The van der Waals surface area contributed by atoms with Gasteiger partial charge >= 0.3 is 0 Å². The van der Waals surface area contributed by atoms with Gasteiger partial charge in [-0.15, -0.1) is 0 Å². The lowest BCUT2D eigenvalue weighted by atomic mass is 9.63. The summed E-state index contributed by atoms with van der Waals surface area (Å²) in [7, 11) is 1.54. The molecule has 33 heavy (non-hydrogen) atoms. The van der Waals surface area contributed by atoms with E-state index in [4.69, 9.17) is 4.74 Å². The molecule has 168 valence electrons. The van der Waals surface area contributed by atoms with E-state index < -0.39 is 6.04 Å². The number of nitrogens with zero attached hydrogens (tertiary/aromatic N) is 1. The highest BCUT2D eigenvalue weighted by Crippen LogP contribution is 2.65. The number of allylic oxidation sites excluding steroid dienone is 2. The third-order valence-electron chi connectivity index (χ3n) is 7.95. The van der Waals surface area contributed by atoms with Crippen LogP contribution in [-0.2, 0) is 20.8 Å². The normalized spacial score (nSPS) is 31.7. The fraction of sp³-hybridized carbons (Fsp3) is 0.370. The number of para-hydroxylation sites is 2. The van der Waals surface area contributed by atoms with Crippen LogP contribution in [0.1, 0.15) is 12.0 Å². The van der Waals surface area contributed by atoms with Crippen molar-refractivity contribution in [2.45, 2.75) is 18.9 Å². The lowest BCUT2D eigenvalue weighted by molar-refractivity contribution is -0.146. The Kier molecular flexibility index (Phi) is 4.64. The highest BCUT2D eigenvalue weighted by atomic mass is 16.5. The monoisotopic (exact) mass is 442 g/mol. The largest absolute Gasteiger partial charge is 0.495 e. The van der Waals surface area contributed by atoms with Crippen LogP contribution in [0.15, 0.2) is 66.7 Å². The lowest BCUT2D eigenvalue weighted by Gasteiger charge is -2.37. The van der Waals surface area contributed by atoms with Gasteiger partial charge < -0.3 is 10.1 Å². The zero-order valence-electron chi connectivity index (χ0n) is 18.4. The van der Waals surface area contributed by atoms with Crippen molar-refractivity contribution in [1.29, 1.82) is 0 Å². The van der Waals surface area contributed by atoms with Gasteiger partial charge in [0.2, 0.25) is 17.7 Å². The van der Waals surface area contributed by atoms with Crippen molar-refractivity contribution in [2.24, 2.45) is 35.5 Å². The maximum atomic E-state index is 13.7. The minimum atomic E-state index is -0.918. The number of hydrogen-bond donors (Lipinski definition) is 1. The number of rotatable bonds is 6. The standard InChI is InChI=1S/C27H26N2O4/c1-33-22-10-6-5-9-20(22)28-25(30)21(13-15-7-3-2-4-8-15)29-26(31)23-16-11-12-17(19-14-18(16)19)24(23)27(29)32/h2-12,16-19,21,23-24H,13-14H2,1H3,(H,28,30)/t16-,17-,18-,19-,21-,23+,24+/m1/s1. The Morgan fingerprint density at radius 2 is 1.58 bits per heavy atom. The minimum Gasteiger partial charge on any atom is -0.495 e. The van der Waals surface area contributed by atoms with E-state index in [0.29, 0.717) is 23.3 Å². The van der Waals surface area contributed by atoms with Crippen molar-refractivity contribution in [2.75, 3.05) is 12.4 Å². The van der Waals surface area contributed by atoms with E-state index >= 15 is 0 Å². The fourth-order valence-corrected chi connectivity index (χ4v) is 6.39. The van der Waals surface area contributed by atoms with Gasteiger partial charge in [0, 0.05) is 6.42 Å². The minimum absolute atomic E-state index is 0.126. The van der Waals surface area contributed by atoms with Crippen molar-refractivity contribution in [3.63, 3.8) is 0 Å². The van der Waals surface area contributed by atoms with Gasteiger partial charge in [0.05, 0.1) is 24.6 Å². The van der Waals surface area contributed by atoms with Gasteiger partial charge in [-0.2, -0.15) is 0 Å². The van der Waals surface area contributed by atoms with Gasteiger partial charge in [0.15, 0.2) is 0 Å². The van der Waals surface area contributed by atoms with E-state index in [0.717, 1.165) is 12.0 Å². The van der Waals surface area contributed by atoms with Crippen LogP contribution in [0.2, 0.25) is 0 Å². The molecule has 1 N–H and O–H groups in total. The molecule has 2 aromatic carbocycles. The van der Waals surface area contributed by atoms with Gasteiger partial charge in [0.25, 0.3) is 0 Å². The summed E-state index contributed by atoms with van der Waals surface area (Å²) in [6, 6.07) is 15.8. The molecule has 1 heterocycles. The summed E-state index contributed by atoms with van der Waals surface area (Å²) in [4.78, 5) is 42.2. The van der Waals surface area contributed by atoms with E-state index in [2.05, 4.69) is 17.5 Å². The number of likely N-dealkylation sites (tertiary alicyclic amines) is 1. The van der Waals surface area contributed by atoms with E-state index in [9.17, 15) is 14.4 Å². The van der Waals surface area contributed by atoms with Crippen LogP contribution in [0.4, 0.5) is 5.69 Å². The number of hydrogen-bond acceptors (Lipinski definition) is 4. The molecule has 0 unspecified atom stereocenters. The van der Waals surface area contributed by atoms with Crippen molar-refractivity contribution in [3.8, 4) is 5.75 Å². The van der Waals surface area contributed by atoms with Crippen molar-refractivity contribution in [1.82, 2.24) is 4.90 Å². The molecule has 2 aromatic rings. The third kappa shape index (κ3) is 3.11. The Labute approximate surface area is 192 Å². The molecular formula is C27H26N2O4. The van der Waals surface area contributed by atoms with Gasteiger partial charge in [-0.1, -0.05) is 54.6 Å². The molecule has 4 aliphatic carbocycles. The summed E-state index contributed by atoms with van der Waals surface area (Å²) in [5, 5.41) is 2.91.